The van der Waals surface area contributed by atoms with E-state index in [2.05, 4.69) is 26.0 Å². The van der Waals surface area contributed by atoms with Gasteiger partial charge in [-0.05, 0) is 41.1 Å². The van der Waals surface area contributed by atoms with Crippen LogP contribution in [0, 0.1) is 6.92 Å². The van der Waals surface area contributed by atoms with Crippen LogP contribution in [0.3, 0.4) is 0 Å². The molecule has 0 saturated carbocycles. The summed E-state index contributed by atoms with van der Waals surface area (Å²) in [6.07, 6.45) is 0. The van der Waals surface area contributed by atoms with Gasteiger partial charge in [0, 0.05) is 12.6 Å². The van der Waals surface area contributed by atoms with E-state index in [9.17, 15) is 0 Å². The molecule has 5 heteroatoms. The van der Waals surface area contributed by atoms with Crippen molar-refractivity contribution in [2.75, 3.05) is 7.11 Å². The van der Waals surface area contributed by atoms with E-state index in [0.717, 1.165) is 27.4 Å². The summed E-state index contributed by atoms with van der Waals surface area (Å²) in [4.78, 5) is 4.37. The van der Waals surface area contributed by atoms with Crippen molar-refractivity contribution in [1.82, 2.24) is 14.8 Å². The second-order valence-electron chi connectivity index (χ2n) is 3.46. The second-order valence-corrected chi connectivity index (χ2v) is 4.31. The Hall–Kier alpha value is -1.36. The first-order valence-corrected chi connectivity index (χ1v) is 5.62. The van der Waals surface area contributed by atoms with E-state index in [0.29, 0.717) is 0 Å². The Morgan fingerprint density at radius 3 is 2.62 bits per heavy atom. The number of hydrogen-bond donors (Lipinski definition) is 0. The summed E-state index contributed by atoms with van der Waals surface area (Å²) in [6.45, 7) is 1.93. The molecule has 4 nitrogen and oxygen atoms in total. The van der Waals surface area contributed by atoms with Gasteiger partial charge in [0.15, 0.2) is 5.82 Å². The van der Waals surface area contributed by atoms with E-state index in [1.165, 1.54) is 0 Å². The Morgan fingerprint density at radius 1 is 1.38 bits per heavy atom. The summed E-state index contributed by atoms with van der Waals surface area (Å²) >= 11 is 3.44. The van der Waals surface area contributed by atoms with Crippen LogP contribution in [0.15, 0.2) is 22.7 Å². The zero-order valence-corrected chi connectivity index (χ0v) is 10.9. The molecule has 0 aliphatic heterocycles. The molecule has 0 N–H and O–H groups in total. The number of benzene rings is 1. The molecule has 0 amide bonds. The number of ether oxygens (including phenoxy) is 1. The third-order valence-corrected chi connectivity index (χ3v) is 3.01. The zero-order chi connectivity index (χ0) is 11.7. The molecular weight excluding hydrogens is 270 g/mol. The summed E-state index contributed by atoms with van der Waals surface area (Å²) in [7, 11) is 3.52. The molecule has 1 aromatic heterocycles. The summed E-state index contributed by atoms with van der Waals surface area (Å²) in [5, 5.41) is 4.32. The summed E-state index contributed by atoms with van der Waals surface area (Å²) in [5.41, 5.74) is 0.969. The number of aromatic nitrogens is 3. The highest BCUT2D eigenvalue weighted by atomic mass is 79.9. The molecule has 0 radical (unpaired) electrons. The summed E-state index contributed by atoms with van der Waals surface area (Å²) in [6, 6.07) is 5.79. The maximum Gasteiger partial charge on any atom is 0.181 e. The van der Waals surface area contributed by atoms with Gasteiger partial charge in [-0.25, -0.2) is 4.98 Å². The molecule has 0 atom stereocenters. The average molecular weight is 282 g/mol. The number of halogens is 1. The van der Waals surface area contributed by atoms with Gasteiger partial charge in [-0.3, -0.25) is 4.68 Å². The molecule has 84 valence electrons. The fraction of sp³-hybridized carbons (Fsp3) is 0.273. The highest BCUT2D eigenvalue weighted by molar-refractivity contribution is 9.10. The van der Waals surface area contributed by atoms with E-state index in [4.69, 9.17) is 4.74 Å². The first kappa shape index (κ1) is 11.1. The average Bonchev–Trinajstić information content (AvgIpc) is 2.59. The molecular formula is C11H12BrN3O. The lowest BCUT2D eigenvalue weighted by Gasteiger charge is -2.03. The molecule has 2 rings (SSSR count). The highest BCUT2D eigenvalue weighted by Gasteiger charge is 2.08. The van der Waals surface area contributed by atoms with E-state index < -0.39 is 0 Å². The van der Waals surface area contributed by atoms with Gasteiger partial charge < -0.3 is 4.74 Å². The Balaban J connectivity index is 2.45. The van der Waals surface area contributed by atoms with Crippen LogP contribution in [-0.2, 0) is 7.05 Å². The van der Waals surface area contributed by atoms with Crippen molar-refractivity contribution in [3.05, 3.63) is 28.5 Å². The van der Waals surface area contributed by atoms with Crippen molar-refractivity contribution in [2.24, 2.45) is 7.05 Å². The lowest BCUT2D eigenvalue weighted by atomic mass is 10.2. The summed E-state index contributed by atoms with van der Waals surface area (Å²) < 4.78 is 7.83. The van der Waals surface area contributed by atoms with Gasteiger partial charge in [0.2, 0.25) is 0 Å². The molecule has 1 aromatic carbocycles. The van der Waals surface area contributed by atoms with Crippen LogP contribution < -0.4 is 4.74 Å². The fourth-order valence-electron chi connectivity index (χ4n) is 1.39. The maximum atomic E-state index is 5.17. The maximum absolute atomic E-state index is 5.17. The lowest BCUT2D eigenvalue weighted by Crippen LogP contribution is -1.92. The van der Waals surface area contributed by atoms with Crippen LogP contribution in [0.2, 0.25) is 0 Å². The smallest absolute Gasteiger partial charge is 0.181 e. The molecule has 0 spiro atoms. The number of nitrogens with zero attached hydrogens (tertiary/aromatic N) is 3. The fourth-order valence-corrected chi connectivity index (χ4v) is 1.93. The molecule has 16 heavy (non-hydrogen) atoms. The second kappa shape index (κ2) is 4.25. The number of methoxy groups -OCH3 is 1. The molecule has 1 heterocycles. The Labute approximate surface area is 102 Å². The molecule has 0 bridgehead atoms. The van der Waals surface area contributed by atoms with Gasteiger partial charge in [-0.2, -0.15) is 5.10 Å². The number of aryl methyl sites for hydroxylation is 2. The van der Waals surface area contributed by atoms with Gasteiger partial charge in [-0.1, -0.05) is 0 Å². The monoisotopic (exact) mass is 281 g/mol. The van der Waals surface area contributed by atoms with Gasteiger partial charge >= 0.3 is 0 Å². The lowest BCUT2D eigenvalue weighted by molar-refractivity contribution is 0.412. The Bertz CT molecular complexity index is 502. The van der Waals surface area contributed by atoms with E-state index >= 15 is 0 Å². The quantitative estimate of drug-likeness (QED) is 0.850. The first-order valence-electron chi connectivity index (χ1n) is 4.83. The van der Waals surface area contributed by atoms with Crippen molar-refractivity contribution in [3.63, 3.8) is 0 Å². The van der Waals surface area contributed by atoms with Crippen molar-refractivity contribution < 1.29 is 4.74 Å². The minimum atomic E-state index is 0.725. The van der Waals surface area contributed by atoms with Gasteiger partial charge in [-0.15, -0.1) is 0 Å². The molecule has 0 unspecified atom stereocenters. The van der Waals surface area contributed by atoms with Crippen molar-refractivity contribution in [2.45, 2.75) is 6.92 Å². The van der Waals surface area contributed by atoms with Crippen molar-refractivity contribution in [1.29, 1.82) is 0 Å². The van der Waals surface area contributed by atoms with Crippen LogP contribution in [0.5, 0.6) is 5.75 Å². The Kier molecular flexibility index (Phi) is 2.96. The highest BCUT2D eigenvalue weighted by Crippen LogP contribution is 2.29. The Morgan fingerprint density at radius 2 is 2.12 bits per heavy atom. The normalized spacial score (nSPS) is 10.5. The molecule has 2 aromatic rings. The molecule has 0 aliphatic rings. The first-order chi connectivity index (χ1) is 7.61. The van der Waals surface area contributed by atoms with Crippen LogP contribution in [0.1, 0.15) is 5.82 Å². The topological polar surface area (TPSA) is 39.9 Å². The SMILES string of the molecule is COc1ccc(-c2nc(C)n(C)n2)cc1Br. The third kappa shape index (κ3) is 1.95. The minimum absolute atomic E-state index is 0.725. The molecule has 0 aliphatic carbocycles. The van der Waals surface area contributed by atoms with Gasteiger partial charge in [0.25, 0.3) is 0 Å². The van der Waals surface area contributed by atoms with Crippen LogP contribution in [-0.4, -0.2) is 21.9 Å². The van der Waals surface area contributed by atoms with Gasteiger partial charge in [0.05, 0.1) is 11.6 Å². The minimum Gasteiger partial charge on any atom is -0.496 e. The molecule has 0 saturated heterocycles. The predicted molar refractivity (Wildman–Crippen MR) is 65.4 cm³/mol. The van der Waals surface area contributed by atoms with Crippen molar-refractivity contribution >= 4 is 15.9 Å². The predicted octanol–water partition coefficient (Wildman–Crippen LogP) is 2.56. The van der Waals surface area contributed by atoms with Crippen LogP contribution in [0.25, 0.3) is 11.4 Å². The molecule has 0 fully saturated rings. The summed E-state index contributed by atoms with van der Waals surface area (Å²) in [5.74, 6) is 2.42. The third-order valence-electron chi connectivity index (χ3n) is 2.39. The van der Waals surface area contributed by atoms with Crippen LogP contribution >= 0.6 is 15.9 Å². The van der Waals surface area contributed by atoms with E-state index in [1.54, 1.807) is 11.8 Å². The van der Waals surface area contributed by atoms with E-state index in [1.807, 2.05) is 32.2 Å². The van der Waals surface area contributed by atoms with Gasteiger partial charge in [0.1, 0.15) is 11.6 Å². The number of hydrogen-bond acceptors (Lipinski definition) is 3. The van der Waals surface area contributed by atoms with Crippen molar-refractivity contribution in [3.8, 4) is 17.1 Å². The van der Waals surface area contributed by atoms with E-state index in [-0.39, 0.29) is 0 Å². The zero-order valence-electron chi connectivity index (χ0n) is 9.36. The number of rotatable bonds is 2. The standard InChI is InChI=1S/C11H12BrN3O/c1-7-13-11(14-15(7)2)8-4-5-10(16-3)9(12)6-8/h4-6H,1-3H3. The van der Waals surface area contributed by atoms with Crippen LogP contribution in [0.4, 0.5) is 0 Å². The largest absolute Gasteiger partial charge is 0.496 e.